The van der Waals surface area contributed by atoms with Crippen LogP contribution in [0.4, 0.5) is 0 Å². The average molecular weight is 1490 g/mol. The van der Waals surface area contributed by atoms with Crippen molar-refractivity contribution in [1.29, 1.82) is 0 Å². The summed E-state index contributed by atoms with van der Waals surface area (Å²) in [6.45, 7) is 4.21. The molecule has 0 aliphatic carbocycles. The number of aryl methyl sites for hydroxylation is 3. The van der Waals surface area contributed by atoms with E-state index >= 15 is 0 Å². The van der Waals surface area contributed by atoms with Gasteiger partial charge in [0, 0.05) is 55.5 Å². The molecule has 0 spiro atoms. The molecular weight excluding hydrogens is 1400 g/mol. The molecule has 0 heterocycles. The quantitative estimate of drug-likeness (QED) is 0.0170. The van der Waals surface area contributed by atoms with E-state index in [0.717, 1.165) is 97.9 Å². The van der Waals surface area contributed by atoms with Gasteiger partial charge in [-0.05, 0) is 176 Å². The molecule has 9 aromatic carbocycles. The molecule has 3 atom stereocenters. The number of benzene rings is 9. The Hall–Kier alpha value is -5.68. The molecule has 1 unspecified atom stereocenters. The summed E-state index contributed by atoms with van der Waals surface area (Å²) in [4.78, 5) is 41.8. The van der Waals surface area contributed by atoms with E-state index in [9.17, 15) is 19.3 Å². The minimum atomic E-state index is -4.67. The van der Waals surface area contributed by atoms with Crippen LogP contribution in [0.3, 0.4) is 0 Å². The van der Waals surface area contributed by atoms with Crippen LogP contribution >= 0.6 is 85.7 Å². The van der Waals surface area contributed by atoms with E-state index in [-0.39, 0.29) is 19.6 Å². The normalized spacial score (nSPS) is 13.3. The number of rotatable bonds is 34. The van der Waals surface area contributed by atoms with Gasteiger partial charge in [-0.25, -0.2) is 9.13 Å². The molecule has 0 radical (unpaired) electrons. The van der Waals surface area contributed by atoms with Crippen molar-refractivity contribution in [2.75, 3.05) is 26.4 Å². The molecule has 98 heavy (non-hydrogen) atoms. The van der Waals surface area contributed by atoms with Crippen LogP contribution in [-0.4, -0.2) is 72.8 Å². The summed E-state index contributed by atoms with van der Waals surface area (Å²) < 4.78 is 48.8. The van der Waals surface area contributed by atoms with Crippen LogP contribution < -0.4 is 31.4 Å². The first-order chi connectivity index (χ1) is 46.8. The van der Waals surface area contributed by atoms with Crippen LogP contribution in [0.2, 0.25) is 15.1 Å². The zero-order chi connectivity index (χ0) is 70.6. The Morgan fingerprint density at radius 3 is 0.949 bits per heavy atom. The first-order valence-corrected chi connectivity index (χ1v) is 38.1. The smallest absolute Gasteiger partial charge is 0.469 e. The van der Waals surface area contributed by atoms with E-state index in [1.807, 2.05) is 208 Å². The number of nitrogens with two attached hydrogens (primary N) is 3. The maximum Gasteiger partial charge on any atom is 0.469 e. The summed E-state index contributed by atoms with van der Waals surface area (Å²) in [6.07, 6.45) is 4.39. The number of aliphatic hydroxyl groups excluding tert-OH is 2. The molecular formula is C74H84Cl3N3O13P2S3. The Bertz CT molecular complexity index is 3840. The van der Waals surface area contributed by atoms with E-state index in [0.29, 0.717) is 62.0 Å². The largest absolute Gasteiger partial charge is 0.489 e. The van der Waals surface area contributed by atoms with Gasteiger partial charge in [0.15, 0.2) is 0 Å². The highest BCUT2D eigenvalue weighted by Gasteiger charge is 2.30. The van der Waals surface area contributed by atoms with Crippen molar-refractivity contribution in [2.45, 2.75) is 131 Å². The molecule has 9 rings (SSSR count). The molecule has 0 amide bonds. The summed E-state index contributed by atoms with van der Waals surface area (Å²) in [7, 11) is -9.24. The van der Waals surface area contributed by atoms with Crippen molar-refractivity contribution in [3.63, 3.8) is 0 Å². The van der Waals surface area contributed by atoms with Gasteiger partial charge in [-0.1, -0.05) is 211 Å². The van der Waals surface area contributed by atoms with Gasteiger partial charge in [-0.3, -0.25) is 9.05 Å². The van der Waals surface area contributed by atoms with E-state index in [1.165, 1.54) is 0 Å². The molecule has 0 aromatic heterocycles. The minimum absolute atomic E-state index is 0.0161. The van der Waals surface area contributed by atoms with Gasteiger partial charge in [-0.2, -0.15) is 0 Å². The molecule has 522 valence electrons. The Labute approximate surface area is 602 Å². The molecule has 0 saturated carbocycles. The maximum absolute atomic E-state index is 11.0. The van der Waals surface area contributed by atoms with Crippen molar-refractivity contribution < 1.29 is 62.2 Å². The van der Waals surface area contributed by atoms with Crippen LogP contribution in [0.5, 0.6) is 17.2 Å². The lowest BCUT2D eigenvalue weighted by atomic mass is 9.90. The third kappa shape index (κ3) is 28.7. The number of hydrogen-bond acceptors (Lipinski definition) is 15. The highest BCUT2D eigenvalue weighted by atomic mass is 35.5. The summed E-state index contributed by atoms with van der Waals surface area (Å²) in [5.41, 5.74) is 22.0. The first kappa shape index (κ1) is 79.6. The highest BCUT2D eigenvalue weighted by Crippen LogP contribution is 2.41. The lowest BCUT2D eigenvalue weighted by Gasteiger charge is -2.28. The van der Waals surface area contributed by atoms with Gasteiger partial charge in [-0.15, -0.1) is 0 Å². The number of hydrogen-bond donors (Lipinski definition) is 9. The number of phosphoric acid groups is 2. The highest BCUT2D eigenvalue weighted by molar-refractivity contribution is 7.99. The number of aliphatic hydroxyl groups is 2. The van der Waals surface area contributed by atoms with E-state index < -0.39 is 45.5 Å². The topological polar surface area (TPSA) is 280 Å². The molecule has 24 heteroatoms. The zero-order valence-corrected chi connectivity index (χ0v) is 60.9. The third-order valence-corrected chi connectivity index (χ3v) is 20.6. The molecule has 0 bridgehead atoms. The first-order valence-electron chi connectivity index (χ1n) is 31.5. The standard InChI is InChI=1S/C25H29ClNO5PS.C25H28ClNO2S.C24H27ClNO6PS/c1-2-25(27,18-32-33(28,29)30)14-13-20-11-12-23(16-24(20)26)34-22-10-6-9-21(15-22)31-17-19-7-4-3-5-8-19;1-2-25(27,18-28)14-13-20-11-12-23(16-24(20)26)30-22-10-6-9-21(15-22)29-17-19-7-4-3-5-8-19;25-23-14-22(10-9-19(23)11-12-24(26,16-27)17-32-33(28,29)30)34-21-8-4-7-20(13-21)31-15-18-5-2-1-3-6-18/h3-12,15-16H,2,13-14,17-18,27H2,1H3,(H2,28,29,30);3-12,15-16,28H,2,13-14,17-18,27H2,1H3;1-10,13-14,27H,11-12,15-17,26H2,(H2,28,29,30)/t25-;;24-/m0.0/s1. The van der Waals surface area contributed by atoms with Crippen LogP contribution in [0.15, 0.2) is 248 Å². The van der Waals surface area contributed by atoms with E-state index in [2.05, 4.69) is 33.3 Å². The van der Waals surface area contributed by atoms with Crippen molar-refractivity contribution >= 4 is 85.7 Å². The second-order valence-corrected chi connectivity index (χ2v) is 30.6. The molecule has 0 saturated heterocycles. The van der Waals surface area contributed by atoms with Gasteiger partial charge < -0.3 is 61.2 Å². The SMILES string of the molecule is CCC(N)(CO)CCc1ccc(Sc2cccc(OCc3ccccc3)c2)cc1Cl.CC[C@](N)(CCc1ccc(Sc2cccc(OCc3ccccc3)c2)cc1Cl)COP(=O)(O)O.N[C@](CO)(CCc1ccc(Sc2cccc(OCc3ccccc3)c2)cc1Cl)COP(=O)(O)O. The molecule has 0 aliphatic rings. The lowest BCUT2D eigenvalue weighted by molar-refractivity contribution is 0.102. The molecule has 12 N–H and O–H groups in total. The predicted octanol–water partition coefficient (Wildman–Crippen LogP) is 17.1. The Morgan fingerprint density at radius 1 is 0.378 bits per heavy atom. The van der Waals surface area contributed by atoms with Crippen LogP contribution in [-0.2, 0) is 57.3 Å². The number of phosphoric ester groups is 2. The van der Waals surface area contributed by atoms with Crippen LogP contribution in [0.25, 0.3) is 0 Å². The summed E-state index contributed by atoms with van der Waals surface area (Å²) in [6, 6.07) is 71.6. The van der Waals surface area contributed by atoms with E-state index in [4.69, 9.17) is 85.8 Å². The monoisotopic (exact) mass is 1490 g/mol. The van der Waals surface area contributed by atoms with Crippen molar-refractivity contribution in [1.82, 2.24) is 0 Å². The fourth-order valence-corrected chi connectivity index (χ4v) is 14.0. The van der Waals surface area contributed by atoms with Gasteiger partial charge in [0.25, 0.3) is 0 Å². The lowest BCUT2D eigenvalue weighted by Crippen LogP contribution is -2.48. The van der Waals surface area contributed by atoms with E-state index in [1.54, 1.807) is 35.3 Å². The van der Waals surface area contributed by atoms with Crippen molar-refractivity contribution in [3.05, 3.63) is 267 Å². The molecule has 0 aliphatic heterocycles. The third-order valence-electron chi connectivity index (χ3n) is 15.7. The van der Waals surface area contributed by atoms with Gasteiger partial charge in [0.05, 0.1) is 32.0 Å². The van der Waals surface area contributed by atoms with Gasteiger partial charge in [0.1, 0.15) is 37.1 Å². The summed E-state index contributed by atoms with van der Waals surface area (Å²) in [5, 5.41) is 20.9. The second kappa shape index (κ2) is 39.5. The van der Waals surface area contributed by atoms with Crippen molar-refractivity contribution in [2.24, 2.45) is 17.2 Å². The van der Waals surface area contributed by atoms with Gasteiger partial charge in [0.2, 0.25) is 0 Å². The number of halogens is 3. The fraction of sp³-hybridized carbons (Fsp3) is 0.270. The number of ether oxygens (including phenoxy) is 3. The Kier molecular flexibility index (Phi) is 32.1. The summed E-state index contributed by atoms with van der Waals surface area (Å²) >= 11 is 24.3. The zero-order valence-electron chi connectivity index (χ0n) is 54.4. The molecule has 16 nitrogen and oxygen atoms in total. The molecule has 0 fully saturated rings. The van der Waals surface area contributed by atoms with Crippen LogP contribution in [0, 0.1) is 0 Å². The Morgan fingerprint density at radius 2 is 0.663 bits per heavy atom. The minimum Gasteiger partial charge on any atom is -0.489 e. The van der Waals surface area contributed by atoms with Crippen LogP contribution in [0.1, 0.15) is 79.3 Å². The van der Waals surface area contributed by atoms with Gasteiger partial charge >= 0.3 is 15.6 Å². The second-order valence-electron chi connectivity index (χ2n) is 23.5. The Balaban J connectivity index is 0.000000207. The average Bonchev–Trinajstić information content (AvgIpc) is 0.960. The molecule has 9 aromatic rings. The maximum atomic E-state index is 11.0. The predicted molar refractivity (Wildman–Crippen MR) is 395 cm³/mol. The van der Waals surface area contributed by atoms with Crippen molar-refractivity contribution in [3.8, 4) is 17.2 Å². The summed E-state index contributed by atoms with van der Waals surface area (Å²) in [5.74, 6) is 2.42. The fourth-order valence-electron chi connectivity index (χ4n) is 9.39.